The molecule has 0 bridgehead atoms. The number of carbonyl (C=O) groups excluding carboxylic acids is 1. The maximum Gasteiger partial charge on any atom is 0.264 e. The highest BCUT2D eigenvalue weighted by Crippen LogP contribution is 2.28. The Hall–Kier alpha value is -4.10. The van der Waals surface area contributed by atoms with Crippen molar-refractivity contribution in [3.8, 4) is 11.5 Å². The predicted molar refractivity (Wildman–Crippen MR) is 156 cm³/mol. The molecule has 7 heteroatoms. The fourth-order valence-electron chi connectivity index (χ4n) is 4.25. The number of aryl methyl sites for hydroxylation is 3. The highest BCUT2D eigenvalue weighted by molar-refractivity contribution is 7.92. The molecule has 0 fully saturated rings. The number of carbonyl (C=O) groups is 1. The van der Waals surface area contributed by atoms with E-state index in [2.05, 4.69) is 37.4 Å². The van der Waals surface area contributed by atoms with Crippen LogP contribution in [0.1, 0.15) is 36.1 Å². The molecule has 0 saturated heterocycles. The van der Waals surface area contributed by atoms with E-state index in [-0.39, 0.29) is 17.3 Å². The topological polar surface area (TPSA) is 75.7 Å². The lowest BCUT2D eigenvalue weighted by molar-refractivity contribution is -0.119. The molecule has 0 saturated carbocycles. The van der Waals surface area contributed by atoms with Crippen LogP contribution in [0.15, 0.2) is 102 Å². The quantitative estimate of drug-likeness (QED) is 0.237. The molecule has 0 aliphatic carbocycles. The van der Waals surface area contributed by atoms with E-state index in [9.17, 15) is 13.2 Å². The van der Waals surface area contributed by atoms with Gasteiger partial charge in [-0.05, 0) is 85.0 Å². The van der Waals surface area contributed by atoms with Gasteiger partial charge in [0, 0.05) is 6.54 Å². The minimum absolute atomic E-state index is 0.120. The summed E-state index contributed by atoms with van der Waals surface area (Å²) in [6, 6.07) is 28.9. The SMILES string of the molecule is CCc1ccc(CC)c(CNC(=O)CN(c2ccc(Oc3ccccc3)cc2)S(=O)(=O)c2ccc(C)cc2)c1. The Labute approximate surface area is 231 Å². The van der Waals surface area contributed by atoms with E-state index in [0.717, 1.165) is 33.8 Å². The van der Waals surface area contributed by atoms with Gasteiger partial charge in [-0.1, -0.05) is 67.9 Å². The van der Waals surface area contributed by atoms with Crippen molar-refractivity contribution in [1.82, 2.24) is 5.32 Å². The monoisotopic (exact) mass is 542 g/mol. The molecule has 6 nitrogen and oxygen atoms in total. The van der Waals surface area contributed by atoms with Crippen molar-refractivity contribution in [1.29, 1.82) is 0 Å². The van der Waals surface area contributed by atoms with Gasteiger partial charge in [-0.25, -0.2) is 8.42 Å². The summed E-state index contributed by atoms with van der Waals surface area (Å²) in [5.74, 6) is 0.844. The number of rotatable bonds is 11. The Morgan fingerprint density at radius 2 is 1.46 bits per heavy atom. The lowest BCUT2D eigenvalue weighted by Crippen LogP contribution is -2.40. The number of para-hydroxylation sites is 1. The molecule has 4 aromatic carbocycles. The zero-order valence-corrected chi connectivity index (χ0v) is 23.4. The molecule has 202 valence electrons. The molecule has 0 radical (unpaired) electrons. The van der Waals surface area contributed by atoms with Crippen molar-refractivity contribution < 1.29 is 17.9 Å². The van der Waals surface area contributed by atoms with Crippen LogP contribution in [0.3, 0.4) is 0 Å². The molecule has 0 atom stereocenters. The van der Waals surface area contributed by atoms with Crippen LogP contribution in [0.4, 0.5) is 5.69 Å². The van der Waals surface area contributed by atoms with E-state index in [1.165, 1.54) is 5.56 Å². The zero-order chi connectivity index (χ0) is 27.8. The van der Waals surface area contributed by atoms with Crippen molar-refractivity contribution in [2.75, 3.05) is 10.8 Å². The zero-order valence-electron chi connectivity index (χ0n) is 22.6. The van der Waals surface area contributed by atoms with Crippen LogP contribution in [-0.4, -0.2) is 20.9 Å². The molecule has 0 aliphatic rings. The van der Waals surface area contributed by atoms with E-state index >= 15 is 0 Å². The smallest absolute Gasteiger partial charge is 0.264 e. The van der Waals surface area contributed by atoms with E-state index in [1.54, 1.807) is 48.5 Å². The maximum atomic E-state index is 13.7. The highest BCUT2D eigenvalue weighted by atomic mass is 32.2. The lowest BCUT2D eigenvalue weighted by atomic mass is 10.0. The first-order chi connectivity index (χ1) is 18.8. The Morgan fingerprint density at radius 1 is 0.795 bits per heavy atom. The molecular weight excluding hydrogens is 508 g/mol. The normalized spacial score (nSPS) is 11.2. The van der Waals surface area contributed by atoms with Crippen LogP contribution in [0.5, 0.6) is 11.5 Å². The third-order valence-corrected chi connectivity index (χ3v) is 8.32. The van der Waals surface area contributed by atoms with E-state index in [4.69, 9.17) is 4.74 Å². The number of ether oxygens (including phenoxy) is 1. The van der Waals surface area contributed by atoms with E-state index in [0.29, 0.717) is 23.7 Å². The number of benzene rings is 4. The fourth-order valence-corrected chi connectivity index (χ4v) is 5.67. The molecule has 0 heterocycles. The molecular formula is C32H34N2O4S. The second-order valence-electron chi connectivity index (χ2n) is 9.32. The molecule has 0 spiro atoms. The van der Waals surface area contributed by atoms with Gasteiger partial charge in [0.25, 0.3) is 10.0 Å². The van der Waals surface area contributed by atoms with Crippen molar-refractivity contribution in [2.24, 2.45) is 0 Å². The van der Waals surface area contributed by atoms with Gasteiger partial charge in [0.05, 0.1) is 10.6 Å². The largest absolute Gasteiger partial charge is 0.457 e. The van der Waals surface area contributed by atoms with Crippen LogP contribution < -0.4 is 14.4 Å². The minimum atomic E-state index is -4.01. The summed E-state index contributed by atoms with van der Waals surface area (Å²) in [5.41, 5.74) is 4.71. The number of nitrogens with one attached hydrogen (secondary N) is 1. The van der Waals surface area contributed by atoms with E-state index in [1.807, 2.05) is 37.3 Å². The molecule has 1 N–H and O–H groups in total. The summed E-state index contributed by atoms with van der Waals surface area (Å²) < 4.78 is 34.5. The first-order valence-electron chi connectivity index (χ1n) is 13.1. The summed E-state index contributed by atoms with van der Waals surface area (Å²) in [7, 11) is -4.01. The number of sulfonamides is 1. The van der Waals surface area contributed by atoms with Gasteiger partial charge in [0.15, 0.2) is 0 Å². The van der Waals surface area contributed by atoms with Crippen LogP contribution >= 0.6 is 0 Å². The standard InChI is InChI=1S/C32H34N2O4S/c1-4-25-13-14-26(5-2)27(21-25)22-33-32(35)23-34(39(36,37)31-19-11-24(3)12-20-31)28-15-17-30(18-16-28)38-29-9-7-6-8-10-29/h6-21H,4-5,22-23H2,1-3H3,(H,33,35). The molecule has 1 amide bonds. The summed E-state index contributed by atoms with van der Waals surface area (Å²) in [5, 5.41) is 2.93. The number of anilines is 1. The Morgan fingerprint density at radius 3 is 2.10 bits per heavy atom. The fraction of sp³-hybridized carbons (Fsp3) is 0.219. The Bertz CT molecular complexity index is 1500. The van der Waals surface area contributed by atoms with Crippen LogP contribution in [0.2, 0.25) is 0 Å². The van der Waals surface area contributed by atoms with Crippen molar-refractivity contribution >= 4 is 21.6 Å². The van der Waals surface area contributed by atoms with Crippen LogP contribution in [0.25, 0.3) is 0 Å². The molecule has 4 rings (SSSR count). The third-order valence-electron chi connectivity index (χ3n) is 6.54. The van der Waals surface area contributed by atoms with Gasteiger partial charge in [-0.2, -0.15) is 0 Å². The first kappa shape index (κ1) is 27.9. The average Bonchev–Trinajstić information content (AvgIpc) is 2.96. The van der Waals surface area contributed by atoms with Gasteiger partial charge in [-0.3, -0.25) is 9.10 Å². The first-order valence-corrected chi connectivity index (χ1v) is 14.5. The number of amides is 1. The van der Waals surface area contributed by atoms with Gasteiger partial charge in [0.2, 0.25) is 5.91 Å². The highest BCUT2D eigenvalue weighted by Gasteiger charge is 2.27. The summed E-state index contributed by atoms with van der Waals surface area (Å²) >= 11 is 0. The van der Waals surface area contributed by atoms with Crippen molar-refractivity contribution in [2.45, 2.75) is 45.1 Å². The summed E-state index contributed by atoms with van der Waals surface area (Å²) in [4.78, 5) is 13.3. The third kappa shape index (κ3) is 7.06. The molecule has 0 aromatic heterocycles. The Kier molecular flexibility index (Phi) is 9.04. The molecule has 39 heavy (non-hydrogen) atoms. The van der Waals surface area contributed by atoms with Gasteiger partial charge in [-0.15, -0.1) is 0 Å². The number of hydrogen-bond donors (Lipinski definition) is 1. The number of nitrogens with zero attached hydrogens (tertiary/aromatic N) is 1. The maximum absolute atomic E-state index is 13.7. The van der Waals surface area contributed by atoms with Crippen LogP contribution in [-0.2, 0) is 34.2 Å². The van der Waals surface area contributed by atoms with Gasteiger partial charge < -0.3 is 10.1 Å². The summed E-state index contributed by atoms with van der Waals surface area (Å²) in [6.07, 6.45) is 1.75. The van der Waals surface area contributed by atoms with E-state index < -0.39 is 10.0 Å². The number of hydrogen-bond acceptors (Lipinski definition) is 4. The van der Waals surface area contributed by atoms with Gasteiger partial charge in [0.1, 0.15) is 18.0 Å². The lowest BCUT2D eigenvalue weighted by Gasteiger charge is -2.24. The molecule has 4 aromatic rings. The molecule has 0 aliphatic heterocycles. The van der Waals surface area contributed by atoms with Gasteiger partial charge >= 0.3 is 0 Å². The summed E-state index contributed by atoms with van der Waals surface area (Å²) in [6.45, 7) is 6.04. The average molecular weight is 543 g/mol. The second kappa shape index (κ2) is 12.6. The van der Waals surface area contributed by atoms with Crippen LogP contribution in [0, 0.1) is 6.92 Å². The molecule has 0 unspecified atom stereocenters. The Balaban J connectivity index is 1.58. The minimum Gasteiger partial charge on any atom is -0.457 e. The second-order valence-corrected chi connectivity index (χ2v) is 11.2. The van der Waals surface area contributed by atoms with Crippen molar-refractivity contribution in [3.63, 3.8) is 0 Å². The predicted octanol–water partition coefficient (Wildman–Crippen LogP) is 6.42. The van der Waals surface area contributed by atoms with Crippen molar-refractivity contribution in [3.05, 3.63) is 119 Å².